The van der Waals surface area contributed by atoms with Crippen LogP contribution in [0.25, 0.3) is 0 Å². The van der Waals surface area contributed by atoms with Crippen LogP contribution >= 0.6 is 15.9 Å². The first kappa shape index (κ1) is 14.6. The third-order valence-electron chi connectivity index (χ3n) is 2.16. The van der Waals surface area contributed by atoms with Gasteiger partial charge in [0.2, 0.25) is 0 Å². The van der Waals surface area contributed by atoms with Crippen LogP contribution in [0, 0.1) is 0 Å². The second kappa shape index (κ2) is 10.1. The Kier molecular flexibility index (Phi) is 9.89. The van der Waals surface area contributed by atoms with E-state index in [4.69, 9.17) is 0 Å². The number of Topliss-reactive ketones (excluding diaryl/α,β-unsaturated/α-hetero) is 1. The van der Waals surface area contributed by atoms with Gasteiger partial charge in [0.05, 0.1) is 7.11 Å². The van der Waals surface area contributed by atoms with Crippen LogP contribution in [0.3, 0.4) is 0 Å². The minimum Gasteiger partial charge on any atom is -0.469 e. The molecule has 15 heavy (non-hydrogen) atoms. The number of hydrogen-bond acceptors (Lipinski definition) is 3. The Hall–Kier alpha value is -0.380. The van der Waals surface area contributed by atoms with E-state index in [2.05, 4.69) is 20.7 Å². The zero-order valence-electron chi connectivity index (χ0n) is 9.26. The average Bonchev–Trinajstić information content (AvgIpc) is 2.23. The molecule has 0 fully saturated rings. The van der Waals surface area contributed by atoms with Gasteiger partial charge in [0.15, 0.2) is 0 Å². The molecule has 0 amide bonds. The van der Waals surface area contributed by atoms with Crippen molar-refractivity contribution < 1.29 is 14.3 Å². The van der Waals surface area contributed by atoms with Gasteiger partial charge in [-0.05, 0) is 12.8 Å². The molecule has 0 rings (SSSR count). The van der Waals surface area contributed by atoms with Crippen LogP contribution in [-0.4, -0.2) is 24.2 Å². The maximum absolute atomic E-state index is 11.2. The lowest BCUT2D eigenvalue weighted by molar-refractivity contribution is -0.143. The van der Waals surface area contributed by atoms with Gasteiger partial charge in [0.25, 0.3) is 0 Å². The molecule has 0 radical (unpaired) electrons. The number of ether oxygens (including phenoxy) is 1. The normalized spacial score (nSPS) is 10.0. The molecular weight excluding hydrogens is 260 g/mol. The molecule has 0 aliphatic carbocycles. The zero-order chi connectivity index (χ0) is 11.5. The van der Waals surface area contributed by atoms with Gasteiger partial charge in [-0.25, -0.2) is 0 Å². The minimum absolute atomic E-state index is 0.0117. The van der Waals surface area contributed by atoms with Crippen molar-refractivity contribution in [2.45, 2.75) is 44.9 Å². The van der Waals surface area contributed by atoms with Crippen LogP contribution < -0.4 is 0 Å². The fraction of sp³-hybridized carbons (Fsp3) is 0.818. The number of hydrogen-bond donors (Lipinski definition) is 0. The van der Waals surface area contributed by atoms with Gasteiger partial charge in [-0.3, -0.25) is 9.59 Å². The summed E-state index contributed by atoms with van der Waals surface area (Å²) >= 11 is 3.37. The van der Waals surface area contributed by atoms with Crippen LogP contribution in [0.4, 0.5) is 0 Å². The molecule has 88 valence electrons. The van der Waals surface area contributed by atoms with E-state index in [1.165, 1.54) is 20.0 Å². The van der Waals surface area contributed by atoms with Crippen molar-refractivity contribution in [1.82, 2.24) is 0 Å². The molecule has 0 unspecified atom stereocenters. The minimum atomic E-state index is -0.431. The van der Waals surface area contributed by atoms with Crippen LogP contribution in [0.15, 0.2) is 0 Å². The van der Waals surface area contributed by atoms with E-state index in [0.717, 1.165) is 24.6 Å². The van der Waals surface area contributed by atoms with Gasteiger partial charge >= 0.3 is 5.97 Å². The summed E-state index contributed by atoms with van der Waals surface area (Å²) in [6, 6.07) is 0. The molecule has 0 aliphatic rings. The Morgan fingerprint density at radius 2 is 1.67 bits per heavy atom. The summed E-state index contributed by atoms with van der Waals surface area (Å²) in [6.45, 7) is 0. The molecule has 0 aromatic rings. The zero-order valence-corrected chi connectivity index (χ0v) is 10.8. The average molecular weight is 279 g/mol. The van der Waals surface area contributed by atoms with Crippen LogP contribution in [-0.2, 0) is 14.3 Å². The highest BCUT2D eigenvalue weighted by molar-refractivity contribution is 9.09. The molecule has 3 nitrogen and oxygen atoms in total. The lowest BCUT2D eigenvalue weighted by Gasteiger charge is -2.00. The van der Waals surface area contributed by atoms with Gasteiger partial charge in [-0.15, -0.1) is 0 Å². The maximum Gasteiger partial charge on any atom is 0.313 e. The van der Waals surface area contributed by atoms with Crippen molar-refractivity contribution in [3.8, 4) is 0 Å². The molecule has 4 heteroatoms. The number of esters is 1. The Balaban J connectivity index is 3.28. The fourth-order valence-electron chi connectivity index (χ4n) is 1.27. The van der Waals surface area contributed by atoms with Crippen molar-refractivity contribution >= 4 is 27.7 Å². The van der Waals surface area contributed by atoms with Gasteiger partial charge in [-0.2, -0.15) is 0 Å². The lowest BCUT2D eigenvalue weighted by atomic mass is 10.1. The third kappa shape index (κ3) is 9.91. The van der Waals surface area contributed by atoms with Crippen molar-refractivity contribution in [3.63, 3.8) is 0 Å². The Morgan fingerprint density at radius 1 is 1.07 bits per heavy atom. The summed E-state index contributed by atoms with van der Waals surface area (Å²) in [4.78, 5) is 21.9. The van der Waals surface area contributed by atoms with Gasteiger partial charge < -0.3 is 4.74 Å². The maximum atomic E-state index is 11.2. The molecule has 0 saturated carbocycles. The standard InChI is InChI=1S/C11H19BrO3/c1-15-11(14)9-10(13)7-5-3-2-4-6-8-12/h2-9H2,1H3. The van der Waals surface area contributed by atoms with E-state index in [1.807, 2.05) is 0 Å². The molecule has 0 aliphatic heterocycles. The quantitative estimate of drug-likeness (QED) is 0.282. The van der Waals surface area contributed by atoms with Crippen LogP contribution in [0.1, 0.15) is 44.9 Å². The molecule has 0 saturated heterocycles. The highest BCUT2D eigenvalue weighted by Gasteiger charge is 2.08. The van der Waals surface area contributed by atoms with E-state index in [0.29, 0.717) is 6.42 Å². The smallest absolute Gasteiger partial charge is 0.313 e. The predicted octanol–water partition coefficient (Wildman–Crippen LogP) is 2.85. The third-order valence-corrected chi connectivity index (χ3v) is 2.72. The Morgan fingerprint density at radius 3 is 2.27 bits per heavy atom. The molecule has 0 aromatic heterocycles. The molecule has 0 aromatic carbocycles. The summed E-state index contributed by atoms with van der Waals surface area (Å²) in [5.74, 6) is -0.443. The Labute approximate surface area is 99.7 Å². The summed E-state index contributed by atoms with van der Waals surface area (Å²) in [6.07, 6.45) is 5.95. The highest BCUT2D eigenvalue weighted by Crippen LogP contribution is 2.07. The van der Waals surface area contributed by atoms with Crippen molar-refractivity contribution in [2.24, 2.45) is 0 Å². The van der Waals surface area contributed by atoms with E-state index in [1.54, 1.807) is 0 Å². The van der Waals surface area contributed by atoms with Gasteiger partial charge in [0.1, 0.15) is 12.2 Å². The number of alkyl halides is 1. The van der Waals surface area contributed by atoms with Crippen molar-refractivity contribution in [1.29, 1.82) is 0 Å². The van der Waals surface area contributed by atoms with Crippen molar-refractivity contribution in [3.05, 3.63) is 0 Å². The first-order chi connectivity index (χ1) is 7.20. The summed E-state index contributed by atoms with van der Waals surface area (Å²) in [5.41, 5.74) is 0. The van der Waals surface area contributed by atoms with E-state index in [9.17, 15) is 9.59 Å². The van der Waals surface area contributed by atoms with E-state index >= 15 is 0 Å². The lowest BCUT2D eigenvalue weighted by Crippen LogP contribution is -2.08. The van der Waals surface area contributed by atoms with Crippen LogP contribution in [0.5, 0.6) is 0 Å². The van der Waals surface area contributed by atoms with Crippen molar-refractivity contribution in [2.75, 3.05) is 12.4 Å². The summed E-state index contributed by atoms with van der Waals surface area (Å²) in [7, 11) is 1.30. The highest BCUT2D eigenvalue weighted by atomic mass is 79.9. The predicted molar refractivity (Wildman–Crippen MR) is 63.1 cm³/mol. The molecule has 0 N–H and O–H groups in total. The van der Waals surface area contributed by atoms with Gasteiger partial charge in [0, 0.05) is 11.8 Å². The largest absolute Gasteiger partial charge is 0.469 e. The number of ketones is 1. The second-order valence-corrected chi connectivity index (χ2v) is 4.29. The summed E-state index contributed by atoms with van der Waals surface area (Å²) in [5, 5.41) is 1.05. The number of unbranched alkanes of at least 4 members (excludes halogenated alkanes) is 4. The van der Waals surface area contributed by atoms with Crippen LogP contribution in [0.2, 0.25) is 0 Å². The number of methoxy groups -OCH3 is 1. The fourth-order valence-corrected chi connectivity index (χ4v) is 1.67. The first-order valence-corrected chi connectivity index (χ1v) is 6.47. The molecule has 0 bridgehead atoms. The monoisotopic (exact) mass is 278 g/mol. The number of carbonyl (C=O) groups excluding carboxylic acids is 2. The molecule has 0 heterocycles. The molecular formula is C11H19BrO3. The number of halogens is 1. The number of carbonyl (C=O) groups is 2. The van der Waals surface area contributed by atoms with Gasteiger partial charge in [-0.1, -0.05) is 35.2 Å². The Bertz CT molecular complexity index is 192. The summed E-state index contributed by atoms with van der Waals surface area (Å²) < 4.78 is 4.42. The number of rotatable bonds is 9. The SMILES string of the molecule is COC(=O)CC(=O)CCCCCCCBr. The second-order valence-electron chi connectivity index (χ2n) is 3.50. The topological polar surface area (TPSA) is 43.4 Å². The first-order valence-electron chi connectivity index (χ1n) is 5.35. The van der Waals surface area contributed by atoms with E-state index in [-0.39, 0.29) is 12.2 Å². The molecule has 0 atom stereocenters. The molecule has 0 spiro atoms. The van der Waals surface area contributed by atoms with E-state index < -0.39 is 5.97 Å².